The third kappa shape index (κ3) is 4.11. The Hall–Kier alpha value is -3.67. The van der Waals surface area contributed by atoms with Crippen molar-refractivity contribution < 1.29 is 13.9 Å². The number of hydrogen-bond acceptors (Lipinski definition) is 7. The van der Waals surface area contributed by atoms with Crippen LogP contribution in [0.15, 0.2) is 40.8 Å². The van der Waals surface area contributed by atoms with E-state index in [0.717, 1.165) is 6.21 Å². The Kier molecular flexibility index (Phi) is 5.93. The number of likely N-dealkylation sites (N-methyl/N-ethyl adjacent to an activating group) is 1. The highest BCUT2D eigenvalue weighted by atomic mass is 19.1. The molecular weight excluding hydrogens is 375 g/mol. The molecule has 0 radical (unpaired) electrons. The van der Waals surface area contributed by atoms with Crippen LogP contribution in [0.25, 0.3) is 0 Å². The lowest BCUT2D eigenvalue weighted by Crippen LogP contribution is -2.36. The monoisotopic (exact) mass is 396 g/mol. The van der Waals surface area contributed by atoms with Gasteiger partial charge in [-0.1, -0.05) is 0 Å². The van der Waals surface area contributed by atoms with E-state index >= 15 is 0 Å². The van der Waals surface area contributed by atoms with Gasteiger partial charge >= 0.3 is 0 Å². The maximum Gasteiger partial charge on any atom is 0.256 e. The van der Waals surface area contributed by atoms with Gasteiger partial charge in [0.05, 0.1) is 17.7 Å². The maximum absolute atomic E-state index is 14.3. The number of hydrogen-bond donors (Lipinski definition) is 3. The first-order valence-corrected chi connectivity index (χ1v) is 9.16. The molecule has 0 saturated carbocycles. The minimum Gasteiger partial charge on any atom is -0.488 e. The highest BCUT2D eigenvalue weighted by Crippen LogP contribution is 2.28. The zero-order chi connectivity index (χ0) is 21.0. The summed E-state index contributed by atoms with van der Waals surface area (Å²) in [5, 5.41) is 22.7. The molecule has 0 unspecified atom stereocenters. The Bertz CT molecular complexity index is 976. The van der Waals surface area contributed by atoms with Gasteiger partial charge in [0, 0.05) is 31.1 Å². The summed E-state index contributed by atoms with van der Waals surface area (Å²) >= 11 is 0. The summed E-state index contributed by atoms with van der Waals surface area (Å²) in [6.45, 7) is 4.52. The molecule has 9 heteroatoms. The van der Waals surface area contributed by atoms with Crippen molar-refractivity contribution in [3.63, 3.8) is 0 Å². The molecule has 0 aromatic heterocycles. The van der Waals surface area contributed by atoms with Gasteiger partial charge in [0.2, 0.25) is 0 Å². The second-order valence-electron chi connectivity index (χ2n) is 6.52. The van der Waals surface area contributed by atoms with E-state index in [9.17, 15) is 14.4 Å². The summed E-state index contributed by atoms with van der Waals surface area (Å²) in [6, 6.07) is 4.62. The van der Waals surface area contributed by atoms with Gasteiger partial charge in [-0.05, 0) is 32.1 Å². The number of amides is 1. The number of halogens is 1. The number of nitriles is 1. The zero-order valence-corrected chi connectivity index (χ0v) is 16.1. The van der Waals surface area contributed by atoms with E-state index in [1.54, 1.807) is 19.2 Å². The predicted molar refractivity (Wildman–Crippen MR) is 106 cm³/mol. The zero-order valence-electron chi connectivity index (χ0n) is 16.1. The molecule has 0 spiro atoms. The molecule has 29 heavy (non-hydrogen) atoms. The van der Waals surface area contributed by atoms with Gasteiger partial charge in [0.15, 0.2) is 0 Å². The molecule has 1 aromatic carbocycles. The Labute approximate surface area is 167 Å². The Morgan fingerprint density at radius 1 is 1.52 bits per heavy atom. The van der Waals surface area contributed by atoms with Crippen LogP contribution in [0.3, 0.4) is 0 Å². The lowest BCUT2D eigenvalue weighted by atomic mass is 10.1. The lowest BCUT2D eigenvalue weighted by Gasteiger charge is -2.27. The summed E-state index contributed by atoms with van der Waals surface area (Å²) in [6.07, 6.45) is 3.82. The first-order valence-electron chi connectivity index (χ1n) is 9.16. The molecule has 1 atom stereocenters. The third-order valence-corrected chi connectivity index (χ3v) is 4.59. The highest BCUT2D eigenvalue weighted by Gasteiger charge is 2.23. The van der Waals surface area contributed by atoms with Gasteiger partial charge in [-0.25, -0.2) is 9.38 Å². The summed E-state index contributed by atoms with van der Waals surface area (Å²) in [5.74, 6) is 0.0451. The molecule has 0 fully saturated rings. The van der Waals surface area contributed by atoms with Crippen molar-refractivity contribution in [1.82, 2.24) is 15.5 Å². The number of carbonyl (C=O) groups excluding carboxylic acids is 1. The summed E-state index contributed by atoms with van der Waals surface area (Å²) < 4.78 is 20.2. The number of carbonyl (C=O) groups is 1. The smallest absolute Gasteiger partial charge is 0.256 e. The fraction of sp³-hybridized carbons (Fsp3) is 0.300. The van der Waals surface area contributed by atoms with Crippen molar-refractivity contribution in [3.05, 3.63) is 52.7 Å². The van der Waals surface area contributed by atoms with Crippen molar-refractivity contribution >= 4 is 18.0 Å². The number of aliphatic imine (C=N–C) groups is 1. The summed E-state index contributed by atoms with van der Waals surface area (Å²) in [7, 11) is 0. The highest BCUT2D eigenvalue weighted by molar-refractivity contribution is 6.12. The van der Waals surface area contributed by atoms with Crippen LogP contribution in [0.2, 0.25) is 0 Å². The normalized spacial score (nSPS) is 21.7. The molecule has 2 aliphatic heterocycles. The first-order chi connectivity index (χ1) is 14.0. The molecular formula is C20H21FN6O2. The topological polar surface area (TPSA) is 114 Å². The van der Waals surface area contributed by atoms with Crippen molar-refractivity contribution in [3.8, 4) is 11.8 Å². The number of nitrogens with zero attached hydrogens (tertiary/aromatic N) is 3. The molecule has 1 amide bonds. The van der Waals surface area contributed by atoms with E-state index in [1.807, 2.05) is 17.9 Å². The maximum atomic E-state index is 14.3. The van der Waals surface area contributed by atoms with E-state index in [4.69, 9.17) is 10.1 Å². The molecule has 2 heterocycles. The van der Waals surface area contributed by atoms with Crippen LogP contribution in [0.4, 0.5) is 4.39 Å². The minimum absolute atomic E-state index is 0.0793. The molecule has 1 aromatic rings. The number of amidine groups is 1. The number of rotatable bonds is 2. The number of fused-ring (bicyclic) bond motifs is 2. The molecule has 2 aliphatic rings. The number of ether oxygens (including phenoxy) is 1. The predicted octanol–water partition coefficient (Wildman–Crippen LogP) is 1.79. The van der Waals surface area contributed by atoms with E-state index in [1.165, 1.54) is 12.1 Å². The Morgan fingerprint density at radius 3 is 3.00 bits per heavy atom. The molecule has 3 rings (SSSR count). The molecule has 0 saturated heterocycles. The van der Waals surface area contributed by atoms with Crippen molar-refractivity contribution in [2.75, 3.05) is 13.1 Å². The van der Waals surface area contributed by atoms with Crippen LogP contribution < -0.4 is 15.4 Å². The standard InChI is InChI=1S/C20H21FN6O2/c1-3-27-11-15-13(8-22)16(21)4-5-17(15)29-12(2)10-25-20(28)14(9-23)19-24-7-6-18(27)26-19/h4-7,9,12,23-24H,3,10-11H2,1-2H3,(H,25,28)/b19-14-,23-9?/t12-/m0/s1. The largest absolute Gasteiger partial charge is 0.488 e. The second kappa shape index (κ2) is 8.56. The van der Waals surface area contributed by atoms with Gasteiger partial charge in [-0.3, -0.25) is 4.79 Å². The fourth-order valence-corrected chi connectivity index (χ4v) is 3.06. The van der Waals surface area contributed by atoms with E-state index in [2.05, 4.69) is 15.6 Å². The number of benzene rings is 1. The van der Waals surface area contributed by atoms with Crippen LogP contribution in [0.5, 0.6) is 5.75 Å². The van der Waals surface area contributed by atoms with Gasteiger partial charge in [-0.2, -0.15) is 5.26 Å². The van der Waals surface area contributed by atoms with Crippen molar-refractivity contribution in [2.24, 2.45) is 4.99 Å². The molecule has 150 valence electrons. The molecule has 3 N–H and O–H groups in total. The van der Waals surface area contributed by atoms with Gasteiger partial charge in [0.25, 0.3) is 5.91 Å². The quantitative estimate of drug-likeness (QED) is 0.660. The van der Waals surface area contributed by atoms with Gasteiger partial charge in [-0.15, -0.1) is 0 Å². The molecule has 0 aliphatic carbocycles. The Morgan fingerprint density at radius 2 is 2.31 bits per heavy atom. The summed E-state index contributed by atoms with van der Waals surface area (Å²) in [4.78, 5) is 18.8. The van der Waals surface area contributed by atoms with Crippen LogP contribution in [0.1, 0.15) is 25.0 Å². The SMILES string of the molecule is CCN1Cc2c(ccc(F)c2C#N)O[C@@H](C)CNC(=O)/C(C=N)=C2\N=C1C=CN2. The minimum atomic E-state index is -0.620. The molecule has 8 nitrogen and oxygen atoms in total. The van der Waals surface area contributed by atoms with Crippen molar-refractivity contribution in [2.45, 2.75) is 26.5 Å². The van der Waals surface area contributed by atoms with Crippen LogP contribution in [-0.2, 0) is 11.3 Å². The molecule has 2 bridgehead atoms. The van der Waals surface area contributed by atoms with Crippen LogP contribution in [-0.4, -0.2) is 42.1 Å². The summed E-state index contributed by atoms with van der Waals surface area (Å²) in [5.41, 5.74) is 0.413. The van der Waals surface area contributed by atoms with E-state index in [0.29, 0.717) is 23.7 Å². The second-order valence-corrected chi connectivity index (χ2v) is 6.52. The van der Waals surface area contributed by atoms with Crippen molar-refractivity contribution in [1.29, 1.82) is 10.7 Å². The first kappa shape index (κ1) is 20.1. The fourth-order valence-electron chi connectivity index (χ4n) is 3.06. The van der Waals surface area contributed by atoms with E-state index < -0.39 is 17.8 Å². The van der Waals surface area contributed by atoms with Gasteiger partial charge in [0.1, 0.15) is 35.4 Å². The Balaban J connectivity index is 2.16. The van der Waals surface area contributed by atoms with Crippen LogP contribution >= 0.6 is 0 Å². The van der Waals surface area contributed by atoms with Gasteiger partial charge < -0.3 is 25.7 Å². The van der Waals surface area contributed by atoms with Crippen LogP contribution in [0, 0.1) is 22.6 Å². The third-order valence-electron chi connectivity index (χ3n) is 4.59. The lowest BCUT2D eigenvalue weighted by molar-refractivity contribution is -0.117. The van der Waals surface area contributed by atoms with E-state index in [-0.39, 0.29) is 30.0 Å². The average Bonchev–Trinajstić information content (AvgIpc) is 2.72. The number of nitrogens with one attached hydrogen (secondary N) is 3. The average molecular weight is 396 g/mol.